The van der Waals surface area contributed by atoms with Crippen molar-refractivity contribution >= 4 is 39.8 Å². The van der Waals surface area contributed by atoms with E-state index in [4.69, 9.17) is 16.3 Å². The van der Waals surface area contributed by atoms with Gasteiger partial charge in [-0.15, -0.1) is 22.9 Å². The van der Waals surface area contributed by atoms with Crippen LogP contribution in [-0.4, -0.2) is 30.4 Å². The SMILES string of the molecule is CCOC(=O)c1cc(CC)sc1N1CC(Cl)CC1=O. The maximum atomic E-state index is 12.0. The summed E-state index contributed by atoms with van der Waals surface area (Å²) in [5.74, 6) is -0.408. The number of carbonyl (C=O) groups excluding carboxylic acids is 2. The zero-order chi connectivity index (χ0) is 14.0. The highest BCUT2D eigenvalue weighted by Crippen LogP contribution is 2.36. The quantitative estimate of drug-likeness (QED) is 0.634. The number of amides is 1. The summed E-state index contributed by atoms with van der Waals surface area (Å²) in [5.41, 5.74) is 0.475. The van der Waals surface area contributed by atoms with Crippen molar-refractivity contribution in [3.05, 3.63) is 16.5 Å². The number of rotatable bonds is 4. The van der Waals surface area contributed by atoms with Gasteiger partial charge in [0, 0.05) is 17.8 Å². The molecular weight excluding hydrogens is 286 g/mol. The van der Waals surface area contributed by atoms with Crippen molar-refractivity contribution in [1.29, 1.82) is 0 Å². The fraction of sp³-hybridized carbons (Fsp3) is 0.538. The molecule has 0 spiro atoms. The Morgan fingerprint density at radius 2 is 2.32 bits per heavy atom. The molecule has 0 aliphatic carbocycles. The summed E-state index contributed by atoms with van der Waals surface area (Å²) in [7, 11) is 0. The Morgan fingerprint density at radius 1 is 1.58 bits per heavy atom. The van der Waals surface area contributed by atoms with E-state index < -0.39 is 0 Å². The standard InChI is InChI=1S/C13H16ClNO3S/c1-3-9-6-10(13(17)18-4-2)12(19-9)15-7-8(14)5-11(15)16/h6,8H,3-5,7H2,1-2H3. The summed E-state index contributed by atoms with van der Waals surface area (Å²) in [6, 6.07) is 1.81. The van der Waals surface area contributed by atoms with Crippen molar-refractivity contribution in [1.82, 2.24) is 0 Å². The number of alkyl halides is 1. The molecule has 19 heavy (non-hydrogen) atoms. The van der Waals surface area contributed by atoms with Gasteiger partial charge in [0.25, 0.3) is 0 Å². The number of anilines is 1. The normalized spacial score (nSPS) is 19.0. The fourth-order valence-corrected chi connectivity index (χ4v) is 3.40. The number of ether oxygens (including phenoxy) is 1. The highest BCUT2D eigenvalue weighted by molar-refractivity contribution is 7.16. The summed E-state index contributed by atoms with van der Waals surface area (Å²) in [6.45, 7) is 4.55. The third-order valence-corrected chi connectivity index (χ3v) is 4.52. The zero-order valence-corrected chi connectivity index (χ0v) is 12.5. The molecule has 1 fully saturated rings. The average molecular weight is 302 g/mol. The molecule has 1 aliphatic rings. The first-order chi connectivity index (χ1) is 9.06. The van der Waals surface area contributed by atoms with Gasteiger partial charge in [0.05, 0.1) is 17.5 Å². The topological polar surface area (TPSA) is 46.6 Å². The Hall–Kier alpha value is -1.07. The van der Waals surface area contributed by atoms with E-state index in [1.54, 1.807) is 11.8 Å². The summed E-state index contributed by atoms with van der Waals surface area (Å²) in [5, 5.41) is 0.484. The second-order valence-electron chi connectivity index (χ2n) is 4.31. The molecule has 6 heteroatoms. The molecular formula is C13H16ClNO3S. The molecule has 2 rings (SSSR count). The van der Waals surface area contributed by atoms with Crippen molar-refractivity contribution in [3.63, 3.8) is 0 Å². The minimum Gasteiger partial charge on any atom is -0.462 e. The van der Waals surface area contributed by atoms with E-state index >= 15 is 0 Å². The molecule has 1 atom stereocenters. The van der Waals surface area contributed by atoms with Crippen LogP contribution in [0.5, 0.6) is 0 Å². The summed E-state index contributed by atoms with van der Waals surface area (Å²) in [4.78, 5) is 26.5. The van der Waals surface area contributed by atoms with Gasteiger partial charge >= 0.3 is 5.97 Å². The van der Waals surface area contributed by atoms with Crippen LogP contribution < -0.4 is 4.90 Å². The van der Waals surface area contributed by atoms with Crippen LogP contribution in [0.25, 0.3) is 0 Å². The highest BCUT2D eigenvalue weighted by atomic mass is 35.5. The van der Waals surface area contributed by atoms with E-state index in [1.807, 2.05) is 13.0 Å². The van der Waals surface area contributed by atoms with Gasteiger partial charge in [0.2, 0.25) is 5.91 Å². The molecule has 0 N–H and O–H groups in total. The summed E-state index contributed by atoms with van der Waals surface area (Å²) >= 11 is 7.47. The molecule has 1 unspecified atom stereocenters. The zero-order valence-electron chi connectivity index (χ0n) is 10.9. The fourth-order valence-electron chi connectivity index (χ4n) is 2.02. The third-order valence-electron chi connectivity index (χ3n) is 2.93. The van der Waals surface area contributed by atoms with Crippen LogP contribution in [0.3, 0.4) is 0 Å². The molecule has 0 bridgehead atoms. The molecule has 104 valence electrons. The van der Waals surface area contributed by atoms with Crippen LogP contribution in [0.1, 0.15) is 35.5 Å². The van der Waals surface area contributed by atoms with Crippen LogP contribution in [0.2, 0.25) is 0 Å². The molecule has 2 heterocycles. The first-order valence-electron chi connectivity index (χ1n) is 6.31. The largest absolute Gasteiger partial charge is 0.462 e. The van der Waals surface area contributed by atoms with E-state index in [-0.39, 0.29) is 17.3 Å². The molecule has 0 saturated carbocycles. The molecule has 4 nitrogen and oxygen atoms in total. The number of hydrogen-bond donors (Lipinski definition) is 0. The van der Waals surface area contributed by atoms with Crippen LogP contribution in [0.15, 0.2) is 6.07 Å². The van der Waals surface area contributed by atoms with Crippen LogP contribution >= 0.6 is 22.9 Å². The molecule has 1 aliphatic heterocycles. The van der Waals surface area contributed by atoms with E-state index in [9.17, 15) is 9.59 Å². The number of thiophene rings is 1. The molecule has 0 radical (unpaired) electrons. The van der Waals surface area contributed by atoms with Crippen LogP contribution in [-0.2, 0) is 16.0 Å². The van der Waals surface area contributed by atoms with Crippen molar-refractivity contribution in [2.24, 2.45) is 0 Å². The van der Waals surface area contributed by atoms with Crippen molar-refractivity contribution in [2.45, 2.75) is 32.1 Å². The van der Waals surface area contributed by atoms with Gasteiger partial charge in [-0.25, -0.2) is 4.79 Å². The van der Waals surface area contributed by atoms with Gasteiger partial charge in [-0.05, 0) is 19.4 Å². The molecule has 1 aromatic heterocycles. The van der Waals surface area contributed by atoms with Gasteiger partial charge in [-0.3, -0.25) is 4.79 Å². The smallest absolute Gasteiger partial charge is 0.341 e. The lowest BCUT2D eigenvalue weighted by atomic mass is 10.2. The minimum atomic E-state index is -0.376. The lowest BCUT2D eigenvalue weighted by Gasteiger charge is -2.15. The minimum absolute atomic E-state index is 0.0324. The number of nitrogens with zero attached hydrogens (tertiary/aromatic N) is 1. The van der Waals surface area contributed by atoms with E-state index in [2.05, 4.69) is 0 Å². The maximum Gasteiger partial charge on any atom is 0.341 e. The molecule has 1 amide bonds. The lowest BCUT2D eigenvalue weighted by Crippen LogP contribution is -2.25. The Labute approximate surface area is 121 Å². The molecule has 1 aromatic rings. The van der Waals surface area contributed by atoms with Crippen molar-refractivity contribution in [2.75, 3.05) is 18.1 Å². The Bertz CT molecular complexity index is 500. The Kier molecular flexibility index (Phi) is 4.47. The maximum absolute atomic E-state index is 12.0. The van der Waals surface area contributed by atoms with E-state index in [0.717, 1.165) is 11.3 Å². The third kappa shape index (κ3) is 2.92. The Morgan fingerprint density at radius 3 is 2.84 bits per heavy atom. The van der Waals surface area contributed by atoms with Crippen LogP contribution in [0.4, 0.5) is 5.00 Å². The average Bonchev–Trinajstić information content (AvgIpc) is 2.92. The first-order valence-corrected chi connectivity index (χ1v) is 7.56. The van der Waals surface area contributed by atoms with Gasteiger partial charge in [0.1, 0.15) is 5.00 Å². The highest BCUT2D eigenvalue weighted by Gasteiger charge is 2.33. The predicted octanol–water partition coefficient (Wildman–Crippen LogP) is 2.83. The van der Waals surface area contributed by atoms with Crippen LogP contribution in [0, 0.1) is 0 Å². The summed E-state index contributed by atoms with van der Waals surface area (Å²) in [6.07, 6.45) is 1.15. The number of halogens is 1. The molecule has 0 aromatic carbocycles. The van der Waals surface area contributed by atoms with Gasteiger partial charge < -0.3 is 9.64 Å². The van der Waals surface area contributed by atoms with Crippen molar-refractivity contribution in [3.8, 4) is 0 Å². The van der Waals surface area contributed by atoms with Gasteiger partial charge in [-0.1, -0.05) is 6.92 Å². The van der Waals surface area contributed by atoms with E-state index in [0.29, 0.717) is 30.1 Å². The second-order valence-corrected chi connectivity index (χ2v) is 6.04. The number of aryl methyl sites for hydroxylation is 1. The lowest BCUT2D eigenvalue weighted by molar-refractivity contribution is -0.117. The van der Waals surface area contributed by atoms with Gasteiger partial charge in [0.15, 0.2) is 0 Å². The van der Waals surface area contributed by atoms with Crippen molar-refractivity contribution < 1.29 is 14.3 Å². The predicted molar refractivity (Wildman–Crippen MR) is 76.3 cm³/mol. The second kappa shape index (κ2) is 5.92. The monoisotopic (exact) mass is 301 g/mol. The number of hydrogen-bond acceptors (Lipinski definition) is 4. The Balaban J connectivity index is 2.35. The van der Waals surface area contributed by atoms with E-state index in [1.165, 1.54) is 11.3 Å². The molecule has 1 saturated heterocycles. The summed E-state index contributed by atoms with van der Waals surface area (Å²) < 4.78 is 5.04. The first kappa shape index (κ1) is 14.3. The van der Waals surface area contributed by atoms with Gasteiger partial charge in [-0.2, -0.15) is 0 Å². The number of esters is 1. The number of carbonyl (C=O) groups is 2.